The van der Waals surface area contributed by atoms with E-state index in [0.717, 1.165) is 63.7 Å². The van der Waals surface area contributed by atoms with E-state index in [4.69, 9.17) is 19.3 Å². The Morgan fingerprint density at radius 2 is 1.02 bits per heavy atom. The molecule has 0 radical (unpaired) electrons. The van der Waals surface area contributed by atoms with Gasteiger partial charge in [0.25, 0.3) is 0 Å². The van der Waals surface area contributed by atoms with Gasteiger partial charge in [-0.25, -0.2) is 4.57 Å². The summed E-state index contributed by atoms with van der Waals surface area (Å²) in [5, 5.41) is 9.80. The average molecular weight is 825 g/mol. The van der Waals surface area contributed by atoms with Gasteiger partial charge in [0.15, 0.2) is 6.10 Å². The fraction of sp³-hybridized carbons (Fsp3) is 0.787. The van der Waals surface area contributed by atoms with Gasteiger partial charge in [0, 0.05) is 12.8 Å². The lowest BCUT2D eigenvalue weighted by Gasteiger charge is -2.18. The van der Waals surface area contributed by atoms with Crippen molar-refractivity contribution in [2.75, 3.05) is 13.2 Å². The van der Waals surface area contributed by atoms with Gasteiger partial charge in [0.2, 0.25) is 0 Å². The highest BCUT2D eigenvalue weighted by Gasteiger charge is 2.22. The van der Waals surface area contributed by atoms with E-state index < -0.39 is 32.5 Å². The predicted octanol–water partition coefficient (Wildman–Crippen LogP) is 13.1. The lowest BCUT2D eigenvalue weighted by molar-refractivity contribution is -0.161. The molecule has 0 aliphatic heterocycles. The third-order valence-corrected chi connectivity index (χ3v) is 10.3. The monoisotopic (exact) mass is 825 g/mol. The highest BCUT2D eigenvalue weighted by molar-refractivity contribution is 7.46. The van der Waals surface area contributed by atoms with E-state index in [9.17, 15) is 19.3 Å². The highest BCUT2D eigenvalue weighted by atomic mass is 31.2. The lowest BCUT2D eigenvalue weighted by Crippen LogP contribution is -2.29. The molecule has 0 amide bonds. The van der Waals surface area contributed by atoms with Crippen molar-refractivity contribution in [3.8, 4) is 0 Å². The normalized spacial score (nSPS) is 13.5. The van der Waals surface area contributed by atoms with Crippen LogP contribution >= 0.6 is 7.82 Å². The zero-order valence-corrected chi connectivity index (χ0v) is 37.4. The third kappa shape index (κ3) is 44.9. The van der Waals surface area contributed by atoms with Crippen LogP contribution in [-0.4, -0.2) is 52.3 Å². The van der Waals surface area contributed by atoms with Crippen LogP contribution in [0.3, 0.4) is 0 Å². The summed E-state index contributed by atoms with van der Waals surface area (Å²) < 4.78 is 26.4. The molecule has 0 bridgehead atoms. The molecule has 332 valence electrons. The number of aliphatic hydroxyl groups is 1. The summed E-state index contributed by atoms with van der Waals surface area (Å²) in [4.78, 5) is 42.9. The van der Waals surface area contributed by atoms with Gasteiger partial charge < -0.3 is 24.4 Å². The molecule has 10 heteroatoms. The van der Waals surface area contributed by atoms with Crippen LogP contribution in [0.1, 0.15) is 207 Å². The van der Waals surface area contributed by atoms with Gasteiger partial charge in [-0.2, -0.15) is 0 Å². The minimum absolute atomic E-state index is 0.175. The Morgan fingerprint density at radius 3 is 1.51 bits per heavy atom. The molecule has 0 aliphatic rings. The number of rotatable bonds is 41. The number of hydrogen-bond donors (Lipinski definition) is 3. The summed E-state index contributed by atoms with van der Waals surface area (Å²) in [6.07, 6.45) is 46.1. The molecule has 0 rings (SSSR count). The zero-order valence-electron chi connectivity index (χ0n) is 36.5. The summed E-state index contributed by atoms with van der Waals surface area (Å²) in [7, 11) is -4.78. The van der Waals surface area contributed by atoms with E-state index >= 15 is 0 Å². The number of carbonyl (C=O) groups excluding carboxylic acids is 2. The van der Waals surface area contributed by atoms with Crippen molar-refractivity contribution in [2.45, 2.75) is 219 Å². The number of aliphatic hydroxyl groups excluding tert-OH is 1. The summed E-state index contributed by atoms with van der Waals surface area (Å²) >= 11 is 0. The first-order chi connectivity index (χ1) is 27.5. The lowest BCUT2D eigenvalue weighted by atomic mass is 10.0. The quantitative estimate of drug-likeness (QED) is 0.0238. The van der Waals surface area contributed by atoms with Gasteiger partial charge in [0.05, 0.1) is 12.7 Å². The number of hydrogen-bond acceptors (Lipinski definition) is 7. The van der Waals surface area contributed by atoms with Gasteiger partial charge in [0.1, 0.15) is 6.61 Å². The molecule has 0 saturated heterocycles. The molecule has 0 aromatic rings. The Hall–Kier alpha value is -2.03. The Labute approximate surface area is 348 Å². The molecule has 0 fully saturated rings. The number of allylic oxidation sites excluding steroid dienone is 7. The summed E-state index contributed by atoms with van der Waals surface area (Å²) in [5.74, 6) is -0.124. The summed E-state index contributed by atoms with van der Waals surface area (Å²) in [6, 6.07) is 0. The van der Waals surface area contributed by atoms with Crippen LogP contribution in [0.2, 0.25) is 0 Å². The molecule has 0 aromatic carbocycles. The Kier molecular flexibility index (Phi) is 39.3. The first-order valence-electron chi connectivity index (χ1n) is 22.9. The predicted molar refractivity (Wildman–Crippen MR) is 236 cm³/mol. The molecule has 9 nitrogen and oxygen atoms in total. The van der Waals surface area contributed by atoms with E-state index in [1.54, 1.807) is 0 Å². The molecule has 0 aliphatic carbocycles. The average Bonchev–Trinajstić information content (AvgIpc) is 3.16. The fourth-order valence-corrected chi connectivity index (χ4v) is 6.75. The zero-order chi connectivity index (χ0) is 42.1. The first-order valence-corrected chi connectivity index (χ1v) is 24.4. The van der Waals surface area contributed by atoms with Gasteiger partial charge in [-0.15, -0.1) is 0 Å². The molecule has 2 atom stereocenters. The second-order valence-corrected chi connectivity index (χ2v) is 17.3. The van der Waals surface area contributed by atoms with Gasteiger partial charge in [-0.3, -0.25) is 14.1 Å². The molecule has 57 heavy (non-hydrogen) atoms. The molecular formula is C47H85O9P. The van der Waals surface area contributed by atoms with Crippen molar-refractivity contribution in [3.05, 3.63) is 48.6 Å². The number of phosphoric acid groups is 1. The van der Waals surface area contributed by atoms with Crippen LogP contribution in [0.4, 0.5) is 0 Å². The van der Waals surface area contributed by atoms with E-state index in [2.05, 4.69) is 49.6 Å². The van der Waals surface area contributed by atoms with E-state index in [0.29, 0.717) is 19.3 Å². The van der Waals surface area contributed by atoms with Crippen LogP contribution in [0.5, 0.6) is 0 Å². The molecule has 0 unspecified atom stereocenters. The largest absolute Gasteiger partial charge is 0.469 e. The van der Waals surface area contributed by atoms with Gasteiger partial charge in [-0.05, 0) is 50.9 Å². The SMILES string of the molecule is CCCC[C@H](O)/C=C\C/C=C\C/C=C\C/C=C\CCCC(=O)OC[C@H](COP(=O)(O)O)OC(=O)CCCCCCCCCCCCCCCCCCCCC(C)C. The van der Waals surface area contributed by atoms with E-state index in [1.165, 1.54) is 96.3 Å². The van der Waals surface area contributed by atoms with Crippen molar-refractivity contribution in [2.24, 2.45) is 5.92 Å². The van der Waals surface area contributed by atoms with Crippen molar-refractivity contribution >= 4 is 19.8 Å². The van der Waals surface area contributed by atoms with E-state index in [-0.39, 0.29) is 25.6 Å². The second-order valence-electron chi connectivity index (χ2n) is 16.0. The molecular weight excluding hydrogens is 739 g/mol. The number of esters is 2. The Balaban J connectivity index is 3.95. The molecule has 0 aromatic heterocycles. The van der Waals surface area contributed by atoms with Gasteiger partial charge in [-0.1, -0.05) is 198 Å². The molecule has 0 saturated carbocycles. The third-order valence-electron chi connectivity index (χ3n) is 9.85. The van der Waals surface area contributed by atoms with Crippen LogP contribution < -0.4 is 0 Å². The maximum Gasteiger partial charge on any atom is 0.469 e. The van der Waals surface area contributed by atoms with Gasteiger partial charge >= 0.3 is 19.8 Å². The van der Waals surface area contributed by atoms with Crippen molar-refractivity contribution in [3.63, 3.8) is 0 Å². The minimum Gasteiger partial charge on any atom is -0.462 e. The number of carbonyl (C=O) groups is 2. The Morgan fingerprint density at radius 1 is 0.561 bits per heavy atom. The first kappa shape index (κ1) is 55.0. The second kappa shape index (κ2) is 40.7. The molecule has 0 heterocycles. The minimum atomic E-state index is -4.78. The summed E-state index contributed by atoms with van der Waals surface area (Å²) in [5.41, 5.74) is 0. The van der Waals surface area contributed by atoms with Crippen molar-refractivity contribution < 1.29 is 43.0 Å². The summed E-state index contributed by atoms with van der Waals surface area (Å²) in [6.45, 7) is 5.86. The van der Waals surface area contributed by atoms with Crippen LogP contribution in [-0.2, 0) is 28.2 Å². The van der Waals surface area contributed by atoms with E-state index in [1.807, 2.05) is 24.3 Å². The number of phosphoric ester groups is 1. The highest BCUT2D eigenvalue weighted by Crippen LogP contribution is 2.36. The topological polar surface area (TPSA) is 140 Å². The smallest absolute Gasteiger partial charge is 0.462 e. The molecule has 0 spiro atoms. The fourth-order valence-electron chi connectivity index (χ4n) is 6.39. The van der Waals surface area contributed by atoms with Crippen LogP contribution in [0.25, 0.3) is 0 Å². The molecule has 3 N–H and O–H groups in total. The maximum absolute atomic E-state index is 12.4. The van der Waals surface area contributed by atoms with Crippen LogP contribution in [0.15, 0.2) is 48.6 Å². The number of ether oxygens (including phenoxy) is 2. The van der Waals surface area contributed by atoms with Crippen molar-refractivity contribution in [1.82, 2.24) is 0 Å². The maximum atomic E-state index is 12.4. The Bertz CT molecular complexity index is 1090. The standard InChI is InChI=1S/C47H85O9P/c1-4-5-37-44(48)38-33-29-25-21-17-14-15-18-22-26-30-34-39-46(49)54-41-45(42-55-57(51,52)53)56-47(50)40-35-31-27-23-19-13-11-9-7-6-8-10-12-16-20-24-28-32-36-43(2)3/h14-15,21-22,25-26,33,38,43-45,48H,4-13,16-20,23-24,27-32,34-37,39-42H2,1-3H3,(H2,51,52,53)/b15-14-,25-21-,26-22-,38-33-/t44-,45+/m0/s1. The number of unbranched alkanes of at least 4 members (excludes halogenated alkanes) is 19. The van der Waals surface area contributed by atoms with Crippen molar-refractivity contribution in [1.29, 1.82) is 0 Å². The van der Waals surface area contributed by atoms with Crippen LogP contribution in [0, 0.1) is 5.92 Å².